The first-order chi connectivity index (χ1) is 29.5. The van der Waals surface area contributed by atoms with Gasteiger partial charge in [-0.05, 0) is 97.6 Å². The minimum atomic E-state index is -2.82. The van der Waals surface area contributed by atoms with E-state index >= 15 is 0 Å². The molecular formula is C57H42N2Si. The summed E-state index contributed by atoms with van der Waals surface area (Å²) in [5.74, 6) is 0. The normalized spacial score (nSPS) is 13.3. The first-order valence-electron chi connectivity index (χ1n) is 21.0. The van der Waals surface area contributed by atoms with Crippen molar-refractivity contribution in [3.05, 3.63) is 230 Å². The van der Waals surface area contributed by atoms with Gasteiger partial charge in [-0.25, -0.2) is 0 Å². The van der Waals surface area contributed by atoms with Gasteiger partial charge in [0, 0.05) is 38.3 Å². The second-order valence-electron chi connectivity index (χ2n) is 16.9. The lowest BCUT2D eigenvalue weighted by Gasteiger charge is -2.34. The fraction of sp³-hybridized carbons (Fsp3) is 0.0526. The molecule has 12 rings (SSSR count). The smallest absolute Gasteiger partial charge is 0.179 e. The third kappa shape index (κ3) is 4.87. The lowest BCUT2D eigenvalue weighted by molar-refractivity contribution is 0.661. The molecule has 3 heteroatoms. The summed E-state index contributed by atoms with van der Waals surface area (Å²) in [5.41, 5.74) is 12.7. The number of rotatable bonds is 6. The maximum Gasteiger partial charge on any atom is 0.179 e. The molecule has 0 fully saturated rings. The van der Waals surface area contributed by atoms with Crippen LogP contribution in [0.3, 0.4) is 0 Å². The SMILES string of the molecule is CC1(C)c2ccccc2-c2cc3c4ccccc4n(-c4ccc([Si](c5ccccc5)(c5ccccc5)c5ccc(-n6c7ccccc7c7ccccc76)cc5)cc4)c3cc21. The molecule has 1 aliphatic rings. The van der Waals surface area contributed by atoms with Crippen LogP contribution in [0.15, 0.2) is 218 Å². The predicted molar refractivity (Wildman–Crippen MR) is 256 cm³/mol. The number of hydrogen-bond acceptors (Lipinski definition) is 0. The Kier molecular flexibility index (Phi) is 7.63. The highest BCUT2D eigenvalue weighted by Crippen LogP contribution is 2.51. The van der Waals surface area contributed by atoms with Crippen LogP contribution in [0.4, 0.5) is 0 Å². The van der Waals surface area contributed by atoms with E-state index in [4.69, 9.17) is 0 Å². The summed E-state index contributed by atoms with van der Waals surface area (Å²) >= 11 is 0. The number of aromatic nitrogens is 2. The van der Waals surface area contributed by atoms with E-state index in [2.05, 4.69) is 241 Å². The van der Waals surface area contributed by atoms with Gasteiger partial charge >= 0.3 is 0 Å². The first kappa shape index (κ1) is 34.8. The summed E-state index contributed by atoms with van der Waals surface area (Å²) in [6.45, 7) is 4.75. The Balaban J connectivity index is 1.06. The molecule has 0 saturated carbocycles. The van der Waals surface area contributed by atoms with E-state index < -0.39 is 8.07 Å². The minimum absolute atomic E-state index is 0.0844. The molecule has 0 unspecified atom stereocenters. The summed E-state index contributed by atoms with van der Waals surface area (Å²) in [7, 11) is -2.82. The Hall–Kier alpha value is -7.20. The minimum Gasteiger partial charge on any atom is -0.309 e. The molecule has 0 atom stereocenters. The van der Waals surface area contributed by atoms with Crippen LogP contribution in [0.1, 0.15) is 25.0 Å². The van der Waals surface area contributed by atoms with Crippen molar-refractivity contribution < 1.29 is 0 Å². The predicted octanol–water partition coefficient (Wildman–Crippen LogP) is 11.6. The molecule has 0 aliphatic heterocycles. The second kappa shape index (κ2) is 13.2. The van der Waals surface area contributed by atoms with E-state index in [9.17, 15) is 0 Å². The van der Waals surface area contributed by atoms with Crippen molar-refractivity contribution in [2.24, 2.45) is 0 Å². The number of para-hydroxylation sites is 3. The highest BCUT2D eigenvalue weighted by molar-refractivity contribution is 7.19. The van der Waals surface area contributed by atoms with E-state index in [-0.39, 0.29) is 5.41 Å². The Morgan fingerprint density at radius 1 is 0.317 bits per heavy atom. The molecule has 60 heavy (non-hydrogen) atoms. The first-order valence-corrected chi connectivity index (χ1v) is 23.0. The number of hydrogen-bond donors (Lipinski definition) is 0. The molecule has 2 nitrogen and oxygen atoms in total. The van der Waals surface area contributed by atoms with Crippen LogP contribution >= 0.6 is 0 Å². The van der Waals surface area contributed by atoms with E-state index in [1.807, 2.05) is 0 Å². The molecule has 0 N–H and O–H groups in total. The van der Waals surface area contributed by atoms with E-state index in [0.29, 0.717) is 0 Å². The molecule has 0 amide bonds. The topological polar surface area (TPSA) is 9.86 Å². The van der Waals surface area contributed by atoms with Crippen molar-refractivity contribution in [2.75, 3.05) is 0 Å². The monoisotopic (exact) mass is 782 g/mol. The number of nitrogens with zero attached hydrogens (tertiary/aromatic N) is 2. The molecule has 11 aromatic rings. The summed E-state index contributed by atoms with van der Waals surface area (Å²) in [6, 6.07) is 81.9. The zero-order chi connectivity index (χ0) is 40.0. The molecule has 1 aliphatic carbocycles. The third-order valence-corrected chi connectivity index (χ3v) is 18.3. The van der Waals surface area contributed by atoms with E-state index in [1.54, 1.807) is 0 Å². The molecule has 0 bridgehead atoms. The lowest BCUT2D eigenvalue weighted by Crippen LogP contribution is -2.74. The highest BCUT2D eigenvalue weighted by Gasteiger charge is 2.42. The quantitative estimate of drug-likeness (QED) is 0.117. The van der Waals surface area contributed by atoms with Crippen LogP contribution < -0.4 is 20.7 Å². The van der Waals surface area contributed by atoms with Gasteiger partial charge in [0.15, 0.2) is 8.07 Å². The summed E-state index contributed by atoms with van der Waals surface area (Å²) in [4.78, 5) is 0. The van der Waals surface area contributed by atoms with Gasteiger partial charge in [-0.3, -0.25) is 0 Å². The van der Waals surface area contributed by atoms with Gasteiger partial charge in [-0.1, -0.05) is 178 Å². The maximum atomic E-state index is 2.49. The van der Waals surface area contributed by atoms with Crippen LogP contribution in [-0.4, -0.2) is 17.2 Å². The Bertz CT molecular complexity index is 3330. The zero-order valence-corrected chi connectivity index (χ0v) is 34.7. The summed E-state index contributed by atoms with van der Waals surface area (Å²) in [6.07, 6.45) is 0. The average Bonchev–Trinajstić information content (AvgIpc) is 3.90. The largest absolute Gasteiger partial charge is 0.309 e. The number of fused-ring (bicyclic) bond motifs is 9. The van der Waals surface area contributed by atoms with Crippen LogP contribution in [0.5, 0.6) is 0 Å². The van der Waals surface area contributed by atoms with Crippen molar-refractivity contribution in [3.63, 3.8) is 0 Å². The fourth-order valence-corrected chi connectivity index (χ4v) is 15.5. The molecule has 284 valence electrons. The van der Waals surface area contributed by atoms with Crippen molar-refractivity contribution >= 4 is 72.4 Å². The molecule has 9 aromatic carbocycles. The summed E-state index contributed by atoms with van der Waals surface area (Å²) < 4.78 is 4.90. The van der Waals surface area contributed by atoms with Crippen LogP contribution in [0.25, 0.3) is 66.1 Å². The van der Waals surface area contributed by atoms with Crippen molar-refractivity contribution in [1.82, 2.24) is 9.13 Å². The molecular weight excluding hydrogens is 741 g/mol. The van der Waals surface area contributed by atoms with E-state index in [0.717, 1.165) is 0 Å². The lowest BCUT2D eigenvalue weighted by atomic mass is 9.82. The molecule has 2 heterocycles. The molecule has 0 radical (unpaired) electrons. The third-order valence-electron chi connectivity index (χ3n) is 13.5. The molecule has 2 aromatic heterocycles. The second-order valence-corrected chi connectivity index (χ2v) is 20.7. The van der Waals surface area contributed by atoms with Gasteiger partial charge < -0.3 is 9.13 Å². The van der Waals surface area contributed by atoms with E-state index in [1.165, 1.54) is 98.0 Å². The number of benzene rings is 9. The zero-order valence-electron chi connectivity index (χ0n) is 33.7. The Morgan fingerprint density at radius 2 is 0.717 bits per heavy atom. The van der Waals surface area contributed by atoms with Crippen LogP contribution in [0, 0.1) is 0 Å². The molecule has 0 spiro atoms. The van der Waals surface area contributed by atoms with Crippen LogP contribution in [0.2, 0.25) is 0 Å². The van der Waals surface area contributed by atoms with Crippen LogP contribution in [-0.2, 0) is 5.41 Å². The van der Waals surface area contributed by atoms with Crippen molar-refractivity contribution in [2.45, 2.75) is 19.3 Å². The highest BCUT2D eigenvalue weighted by atomic mass is 28.3. The Labute approximate surface area is 351 Å². The van der Waals surface area contributed by atoms with Crippen molar-refractivity contribution in [3.8, 4) is 22.5 Å². The molecule has 0 saturated heterocycles. The van der Waals surface area contributed by atoms with Gasteiger partial charge in [-0.15, -0.1) is 0 Å². The van der Waals surface area contributed by atoms with Gasteiger partial charge in [-0.2, -0.15) is 0 Å². The van der Waals surface area contributed by atoms with Gasteiger partial charge in [0.1, 0.15) is 0 Å². The van der Waals surface area contributed by atoms with Gasteiger partial charge in [0.2, 0.25) is 0 Å². The van der Waals surface area contributed by atoms with Gasteiger partial charge in [0.25, 0.3) is 0 Å². The van der Waals surface area contributed by atoms with Gasteiger partial charge in [0.05, 0.1) is 22.1 Å². The summed E-state index contributed by atoms with van der Waals surface area (Å²) in [5, 5.41) is 10.6. The average molecular weight is 783 g/mol. The fourth-order valence-electron chi connectivity index (χ4n) is 10.7. The van der Waals surface area contributed by atoms with Crippen molar-refractivity contribution in [1.29, 1.82) is 0 Å². The Morgan fingerprint density at radius 3 is 1.23 bits per heavy atom. The standard InChI is InChI=1S/C57H42N2Si/c1-57(2)51-25-13-9-21-45(51)49-37-50-48-24-12-16-28-55(48)59(56(50)38-52(49)57)40-31-35-44(36-32-40)60(41-17-5-3-6-18-41,42-19-7-4-8-20-42)43-33-29-39(30-34-43)58-53-26-14-10-22-46(53)47-23-11-15-27-54(47)58/h3-38H,1-2H3. The maximum absolute atomic E-state index is 2.82.